The highest BCUT2D eigenvalue weighted by atomic mass is 32.2. The smallest absolute Gasteiger partial charge is 0.305 e. The summed E-state index contributed by atoms with van der Waals surface area (Å²) >= 11 is 2.90. The number of aliphatic carboxylic acids is 1. The van der Waals surface area contributed by atoms with Gasteiger partial charge in [-0.05, 0) is 23.6 Å². The standard InChI is InChI=1S/C16H19N3O3S2/c1-10(2)9-23-12-5-3-11(4-6-12)8-17-19-16-18-15(22)13(24-16)7-14(20)21/h3-6,8,10,13H,7,9H2,1-2H3,(H,20,21)(H,18,19,22). The molecule has 1 saturated heterocycles. The molecule has 128 valence electrons. The zero-order chi connectivity index (χ0) is 17.5. The third-order valence-corrected chi connectivity index (χ3v) is 5.47. The van der Waals surface area contributed by atoms with E-state index < -0.39 is 11.2 Å². The van der Waals surface area contributed by atoms with E-state index in [4.69, 9.17) is 5.11 Å². The van der Waals surface area contributed by atoms with Gasteiger partial charge >= 0.3 is 5.97 Å². The van der Waals surface area contributed by atoms with Crippen LogP contribution in [0.2, 0.25) is 0 Å². The summed E-state index contributed by atoms with van der Waals surface area (Å²) in [4.78, 5) is 23.4. The van der Waals surface area contributed by atoms with Gasteiger partial charge in [0.05, 0.1) is 12.6 Å². The van der Waals surface area contributed by atoms with Crippen LogP contribution in [0.15, 0.2) is 39.4 Å². The highest BCUT2D eigenvalue weighted by Gasteiger charge is 2.32. The molecule has 6 nitrogen and oxygen atoms in total. The quantitative estimate of drug-likeness (QED) is 0.440. The average Bonchev–Trinajstić information content (AvgIpc) is 2.85. The second kappa shape index (κ2) is 8.89. The van der Waals surface area contributed by atoms with Crippen molar-refractivity contribution in [3.63, 3.8) is 0 Å². The Bertz CT molecular complexity index is 657. The maximum atomic E-state index is 11.6. The molecule has 1 aromatic rings. The van der Waals surface area contributed by atoms with Crippen molar-refractivity contribution in [2.45, 2.75) is 30.4 Å². The van der Waals surface area contributed by atoms with Crippen molar-refractivity contribution in [3.8, 4) is 0 Å². The molecule has 1 unspecified atom stereocenters. The minimum absolute atomic E-state index is 0.227. The molecule has 1 atom stereocenters. The first kappa shape index (κ1) is 18.5. The van der Waals surface area contributed by atoms with E-state index in [0.717, 1.165) is 23.1 Å². The van der Waals surface area contributed by atoms with Crippen molar-refractivity contribution in [3.05, 3.63) is 29.8 Å². The lowest BCUT2D eigenvalue weighted by Crippen LogP contribution is -2.26. The van der Waals surface area contributed by atoms with E-state index in [1.807, 2.05) is 36.0 Å². The van der Waals surface area contributed by atoms with Crippen LogP contribution < -0.4 is 5.32 Å². The van der Waals surface area contributed by atoms with Crippen LogP contribution in [0.3, 0.4) is 0 Å². The maximum absolute atomic E-state index is 11.6. The number of rotatable bonds is 7. The molecule has 0 radical (unpaired) electrons. The Morgan fingerprint density at radius 2 is 2.12 bits per heavy atom. The van der Waals surface area contributed by atoms with E-state index in [1.54, 1.807) is 6.21 Å². The number of benzene rings is 1. The number of hydrogen-bond acceptors (Lipinski definition) is 6. The number of carbonyl (C=O) groups excluding carboxylic acids is 1. The van der Waals surface area contributed by atoms with Crippen molar-refractivity contribution in [2.75, 3.05) is 5.75 Å². The van der Waals surface area contributed by atoms with Gasteiger partial charge in [0.25, 0.3) is 0 Å². The normalized spacial score (nSPS) is 19.4. The van der Waals surface area contributed by atoms with E-state index >= 15 is 0 Å². The molecule has 0 aromatic heterocycles. The molecule has 24 heavy (non-hydrogen) atoms. The van der Waals surface area contributed by atoms with Gasteiger partial charge in [0.15, 0.2) is 5.17 Å². The summed E-state index contributed by atoms with van der Waals surface area (Å²) in [5, 5.41) is 18.8. The number of nitrogens with one attached hydrogen (secondary N) is 1. The molecule has 1 aliphatic rings. The van der Waals surface area contributed by atoms with E-state index in [0.29, 0.717) is 11.1 Å². The van der Waals surface area contributed by atoms with Gasteiger partial charge in [-0.3, -0.25) is 9.59 Å². The van der Waals surface area contributed by atoms with Crippen LogP contribution in [-0.4, -0.2) is 39.4 Å². The van der Waals surface area contributed by atoms with Gasteiger partial charge in [-0.2, -0.15) is 5.10 Å². The Morgan fingerprint density at radius 3 is 2.75 bits per heavy atom. The Kier molecular flexibility index (Phi) is 6.86. The summed E-state index contributed by atoms with van der Waals surface area (Å²) in [7, 11) is 0. The summed E-state index contributed by atoms with van der Waals surface area (Å²) in [6.07, 6.45) is 1.37. The fourth-order valence-corrected chi connectivity index (χ4v) is 3.58. The topological polar surface area (TPSA) is 91.1 Å². The van der Waals surface area contributed by atoms with Crippen LogP contribution in [0.25, 0.3) is 0 Å². The Labute approximate surface area is 149 Å². The molecule has 1 fully saturated rings. The highest BCUT2D eigenvalue weighted by Crippen LogP contribution is 2.22. The summed E-state index contributed by atoms with van der Waals surface area (Å²) in [6, 6.07) is 7.99. The van der Waals surface area contributed by atoms with Crippen LogP contribution in [0.5, 0.6) is 0 Å². The third-order valence-electron chi connectivity index (χ3n) is 2.96. The minimum Gasteiger partial charge on any atom is -0.481 e. The zero-order valence-corrected chi connectivity index (χ0v) is 15.1. The van der Waals surface area contributed by atoms with Gasteiger partial charge in [-0.15, -0.1) is 16.9 Å². The van der Waals surface area contributed by atoms with E-state index in [-0.39, 0.29) is 12.3 Å². The number of carboxylic acids is 1. The summed E-state index contributed by atoms with van der Waals surface area (Å²) in [5.74, 6) is 0.372. The lowest BCUT2D eigenvalue weighted by molar-refractivity contribution is -0.138. The van der Waals surface area contributed by atoms with Crippen LogP contribution in [-0.2, 0) is 9.59 Å². The van der Waals surface area contributed by atoms with E-state index in [2.05, 4.69) is 29.4 Å². The summed E-state index contributed by atoms with van der Waals surface area (Å²) in [5.41, 5.74) is 0.907. The van der Waals surface area contributed by atoms with Gasteiger partial charge in [0.2, 0.25) is 5.91 Å². The summed E-state index contributed by atoms with van der Waals surface area (Å²) < 4.78 is 0. The van der Waals surface area contributed by atoms with Crippen LogP contribution >= 0.6 is 23.5 Å². The van der Waals surface area contributed by atoms with E-state index in [1.165, 1.54) is 4.90 Å². The highest BCUT2D eigenvalue weighted by molar-refractivity contribution is 8.15. The Balaban J connectivity index is 1.89. The van der Waals surface area contributed by atoms with Gasteiger partial charge in [0, 0.05) is 10.6 Å². The number of carboxylic acid groups (broad SMARTS) is 1. The van der Waals surface area contributed by atoms with Gasteiger partial charge in [-0.25, -0.2) is 0 Å². The third kappa shape index (κ3) is 6.01. The minimum atomic E-state index is -1.01. The maximum Gasteiger partial charge on any atom is 0.305 e. The summed E-state index contributed by atoms with van der Waals surface area (Å²) in [6.45, 7) is 4.38. The molecule has 1 aromatic carbocycles. The fourth-order valence-electron chi connectivity index (χ4n) is 1.81. The molecule has 1 amide bonds. The van der Waals surface area contributed by atoms with Gasteiger partial charge < -0.3 is 10.4 Å². The largest absolute Gasteiger partial charge is 0.481 e. The second-order valence-electron chi connectivity index (χ2n) is 5.62. The predicted octanol–water partition coefficient (Wildman–Crippen LogP) is 2.83. The number of carbonyl (C=O) groups is 2. The molecule has 0 bridgehead atoms. The fraction of sp³-hybridized carbons (Fsp3) is 0.375. The average molecular weight is 365 g/mol. The molecule has 1 heterocycles. The SMILES string of the molecule is CC(C)CSc1ccc(C=NN=C2NC(=O)C(CC(=O)O)S2)cc1. The monoisotopic (exact) mass is 365 g/mol. The number of thioether (sulfide) groups is 2. The molecule has 2 rings (SSSR count). The number of hydrogen-bond donors (Lipinski definition) is 2. The van der Waals surface area contributed by atoms with Crippen molar-refractivity contribution < 1.29 is 14.7 Å². The van der Waals surface area contributed by atoms with Gasteiger partial charge in [0.1, 0.15) is 5.25 Å². The molecule has 0 spiro atoms. The molecular formula is C16H19N3O3S2. The van der Waals surface area contributed by atoms with Crippen molar-refractivity contribution in [2.24, 2.45) is 16.1 Å². The molecule has 0 aliphatic carbocycles. The zero-order valence-electron chi connectivity index (χ0n) is 13.4. The second-order valence-corrected chi connectivity index (χ2v) is 7.90. The Hall–Kier alpha value is -1.80. The first-order valence-electron chi connectivity index (χ1n) is 7.47. The first-order chi connectivity index (χ1) is 11.4. The van der Waals surface area contributed by atoms with Gasteiger partial charge in [-0.1, -0.05) is 37.7 Å². The van der Waals surface area contributed by atoms with E-state index in [9.17, 15) is 9.59 Å². The number of amidine groups is 1. The van der Waals surface area contributed by atoms with Crippen LogP contribution in [0.4, 0.5) is 0 Å². The molecular weight excluding hydrogens is 346 g/mol. The van der Waals surface area contributed by atoms with Crippen molar-refractivity contribution >= 4 is 46.8 Å². The van der Waals surface area contributed by atoms with Crippen molar-refractivity contribution in [1.82, 2.24) is 5.32 Å². The van der Waals surface area contributed by atoms with Crippen LogP contribution in [0.1, 0.15) is 25.8 Å². The molecule has 1 aliphatic heterocycles. The number of amides is 1. The molecule has 8 heteroatoms. The predicted molar refractivity (Wildman–Crippen MR) is 98.8 cm³/mol. The Morgan fingerprint density at radius 1 is 1.42 bits per heavy atom. The lowest BCUT2D eigenvalue weighted by atomic mass is 10.2. The molecule has 0 saturated carbocycles. The first-order valence-corrected chi connectivity index (χ1v) is 9.34. The molecule has 2 N–H and O–H groups in total. The number of nitrogens with zero attached hydrogens (tertiary/aromatic N) is 2. The van der Waals surface area contributed by atoms with Crippen LogP contribution in [0, 0.1) is 5.92 Å². The van der Waals surface area contributed by atoms with Crippen molar-refractivity contribution in [1.29, 1.82) is 0 Å². The lowest BCUT2D eigenvalue weighted by Gasteiger charge is -2.04.